The Kier molecular flexibility index (Phi) is 5.45. The van der Waals surface area contributed by atoms with Gasteiger partial charge in [0, 0.05) is 17.4 Å². The first-order valence-corrected chi connectivity index (χ1v) is 8.33. The van der Waals surface area contributed by atoms with E-state index in [2.05, 4.69) is 0 Å². The number of aliphatic hydroxyl groups is 5. The smallest absolute Gasteiger partial charge is 0.205 e. The van der Waals surface area contributed by atoms with Crippen LogP contribution in [0.1, 0.15) is 13.3 Å². The number of allylic oxidation sites excluding steroid dienone is 1. The first-order chi connectivity index (χ1) is 11.9. The zero-order valence-corrected chi connectivity index (χ0v) is 13.7. The largest absolute Gasteiger partial charge is 0.472 e. The molecule has 9 heteroatoms. The molecule has 3 rings (SSSR count). The number of hydrogen-bond donors (Lipinski definition) is 5. The van der Waals surface area contributed by atoms with E-state index in [0.29, 0.717) is 18.3 Å². The van der Waals surface area contributed by atoms with Crippen molar-refractivity contribution >= 4 is 6.29 Å². The predicted molar refractivity (Wildman–Crippen MR) is 80.6 cm³/mol. The van der Waals surface area contributed by atoms with Gasteiger partial charge in [0.15, 0.2) is 6.29 Å². The lowest BCUT2D eigenvalue weighted by Crippen LogP contribution is -2.60. The molecule has 5 N–H and O–H groups in total. The number of carbonyl (C=O) groups is 1. The van der Waals surface area contributed by atoms with Gasteiger partial charge in [0.05, 0.1) is 19.0 Å². The van der Waals surface area contributed by atoms with Gasteiger partial charge in [-0.25, -0.2) is 0 Å². The molecule has 9 nitrogen and oxygen atoms in total. The molecular formula is C16H24O9. The molecule has 142 valence electrons. The van der Waals surface area contributed by atoms with Gasteiger partial charge >= 0.3 is 0 Å². The third kappa shape index (κ3) is 3.21. The molecule has 1 saturated heterocycles. The standard InChI is InChI=1S/C16H24O9/c1-6-9(19)2-8-7(3-17)5-23-15(11(6)8)25-16-14(22)13(21)12(20)10(4-18)24-16/h3,5-6,8-16,18-22H,2,4H2,1H3/t6-,8+,9-,10+,11-,12+,13-,14-,15-,16-/m0/s1. The van der Waals surface area contributed by atoms with Crippen molar-refractivity contribution in [2.24, 2.45) is 17.8 Å². The molecule has 2 heterocycles. The maximum absolute atomic E-state index is 11.2. The van der Waals surface area contributed by atoms with Crippen molar-refractivity contribution in [3.63, 3.8) is 0 Å². The highest BCUT2D eigenvalue weighted by Crippen LogP contribution is 2.46. The second-order valence-electron chi connectivity index (χ2n) is 6.92. The van der Waals surface area contributed by atoms with Gasteiger partial charge in [-0.1, -0.05) is 6.92 Å². The summed E-state index contributed by atoms with van der Waals surface area (Å²) in [5.74, 6) is -0.803. The molecule has 10 atom stereocenters. The van der Waals surface area contributed by atoms with E-state index in [9.17, 15) is 30.3 Å². The van der Waals surface area contributed by atoms with E-state index in [0.717, 1.165) is 0 Å². The summed E-state index contributed by atoms with van der Waals surface area (Å²) >= 11 is 0. The second kappa shape index (κ2) is 7.28. The van der Waals surface area contributed by atoms with Crippen molar-refractivity contribution in [2.45, 2.75) is 56.4 Å². The van der Waals surface area contributed by atoms with E-state index >= 15 is 0 Å². The normalized spacial score (nSPS) is 49.9. The van der Waals surface area contributed by atoms with Gasteiger partial charge in [-0.3, -0.25) is 4.79 Å². The molecule has 0 radical (unpaired) electrons. The van der Waals surface area contributed by atoms with Gasteiger partial charge in [-0.2, -0.15) is 0 Å². The summed E-state index contributed by atoms with van der Waals surface area (Å²) in [6.07, 6.45) is -6.18. The van der Waals surface area contributed by atoms with Gasteiger partial charge in [-0.05, 0) is 12.3 Å². The minimum atomic E-state index is -1.55. The Bertz CT molecular complexity index is 522. The van der Waals surface area contributed by atoms with Gasteiger partial charge in [0.25, 0.3) is 0 Å². The van der Waals surface area contributed by atoms with Gasteiger partial charge in [-0.15, -0.1) is 0 Å². The van der Waals surface area contributed by atoms with Gasteiger partial charge in [0.1, 0.15) is 30.7 Å². The Morgan fingerprint density at radius 1 is 1.20 bits per heavy atom. The fourth-order valence-corrected chi connectivity index (χ4v) is 3.92. The first kappa shape index (κ1) is 18.7. The quantitative estimate of drug-likeness (QED) is 0.355. The Morgan fingerprint density at radius 2 is 1.92 bits per heavy atom. The van der Waals surface area contributed by atoms with Crippen LogP contribution in [0.3, 0.4) is 0 Å². The molecule has 0 spiro atoms. The van der Waals surface area contributed by atoms with Crippen LogP contribution >= 0.6 is 0 Å². The summed E-state index contributed by atoms with van der Waals surface area (Å²) in [7, 11) is 0. The predicted octanol–water partition coefficient (Wildman–Crippen LogP) is -2.12. The third-order valence-corrected chi connectivity index (χ3v) is 5.51. The summed E-state index contributed by atoms with van der Waals surface area (Å²) in [6, 6.07) is 0. The Morgan fingerprint density at radius 3 is 2.56 bits per heavy atom. The van der Waals surface area contributed by atoms with Crippen molar-refractivity contribution < 1.29 is 44.5 Å². The molecular weight excluding hydrogens is 336 g/mol. The van der Waals surface area contributed by atoms with Crippen LogP contribution in [0.25, 0.3) is 0 Å². The van der Waals surface area contributed by atoms with Crippen LogP contribution in [0.15, 0.2) is 11.8 Å². The Balaban J connectivity index is 1.77. The molecule has 0 unspecified atom stereocenters. The first-order valence-electron chi connectivity index (χ1n) is 8.33. The Labute approximate surface area is 144 Å². The van der Waals surface area contributed by atoms with Crippen molar-refractivity contribution in [2.75, 3.05) is 6.61 Å². The number of fused-ring (bicyclic) bond motifs is 1. The Hall–Kier alpha value is -1.07. The number of rotatable bonds is 4. The number of carbonyl (C=O) groups excluding carboxylic acids is 1. The topological polar surface area (TPSA) is 146 Å². The minimum absolute atomic E-state index is 0.219. The highest BCUT2D eigenvalue weighted by atomic mass is 16.8. The summed E-state index contributed by atoms with van der Waals surface area (Å²) in [5.41, 5.74) is 0.432. The molecule has 0 aromatic heterocycles. The van der Waals surface area contributed by atoms with Crippen LogP contribution < -0.4 is 0 Å². The number of aldehydes is 1. The zero-order valence-electron chi connectivity index (χ0n) is 13.7. The average Bonchev–Trinajstić information content (AvgIpc) is 2.91. The second-order valence-corrected chi connectivity index (χ2v) is 6.92. The molecule has 2 aliphatic heterocycles. The van der Waals surface area contributed by atoms with E-state index < -0.39 is 49.7 Å². The van der Waals surface area contributed by atoms with Crippen molar-refractivity contribution in [1.29, 1.82) is 0 Å². The fraction of sp³-hybridized carbons (Fsp3) is 0.812. The number of hydrogen-bond acceptors (Lipinski definition) is 9. The zero-order chi connectivity index (χ0) is 18.3. The summed E-state index contributed by atoms with van der Waals surface area (Å²) in [4.78, 5) is 11.2. The average molecular weight is 360 g/mol. The van der Waals surface area contributed by atoms with E-state index in [1.165, 1.54) is 6.26 Å². The molecule has 1 aliphatic carbocycles. The molecule has 3 aliphatic rings. The lowest BCUT2D eigenvalue weighted by Gasteiger charge is -2.43. The molecule has 0 aromatic rings. The molecule has 0 aromatic carbocycles. The van der Waals surface area contributed by atoms with E-state index in [-0.39, 0.29) is 17.8 Å². The maximum atomic E-state index is 11.2. The minimum Gasteiger partial charge on any atom is -0.472 e. The lowest BCUT2D eigenvalue weighted by atomic mass is 9.84. The van der Waals surface area contributed by atoms with Crippen molar-refractivity contribution in [1.82, 2.24) is 0 Å². The van der Waals surface area contributed by atoms with Crippen LogP contribution in [0.2, 0.25) is 0 Å². The van der Waals surface area contributed by atoms with Crippen molar-refractivity contribution in [3.8, 4) is 0 Å². The molecule has 1 saturated carbocycles. The summed E-state index contributed by atoms with van der Waals surface area (Å²) in [6.45, 7) is 1.25. The highest BCUT2D eigenvalue weighted by Gasteiger charge is 2.52. The molecule has 0 amide bonds. The molecule has 0 bridgehead atoms. The van der Waals surface area contributed by atoms with Crippen LogP contribution in [0.4, 0.5) is 0 Å². The lowest BCUT2D eigenvalue weighted by molar-refractivity contribution is -0.342. The summed E-state index contributed by atoms with van der Waals surface area (Å²) in [5, 5.41) is 49.1. The van der Waals surface area contributed by atoms with Crippen molar-refractivity contribution in [3.05, 3.63) is 11.8 Å². The van der Waals surface area contributed by atoms with Crippen LogP contribution in [-0.2, 0) is 19.0 Å². The number of ether oxygens (including phenoxy) is 3. The number of aliphatic hydroxyl groups excluding tert-OH is 5. The highest BCUT2D eigenvalue weighted by molar-refractivity contribution is 5.74. The van der Waals surface area contributed by atoms with Crippen LogP contribution in [0, 0.1) is 17.8 Å². The van der Waals surface area contributed by atoms with Crippen LogP contribution in [-0.4, -0.2) is 81.5 Å². The molecule has 2 fully saturated rings. The SMILES string of the molecule is C[C@@H]1[C@@H]2[C@H](O[C@@H]3O[C@H](CO)[C@@H](O)[C@H](O)[C@@H]3O)OC=C(C=O)[C@H]2C[C@@H]1O. The van der Waals surface area contributed by atoms with Crippen LogP contribution in [0.5, 0.6) is 0 Å². The summed E-state index contributed by atoms with van der Waals surface area (Å²) < 4.78 is 16.5. The van der Waals surface area contributed by atoms with E-state index in [1.807, 2.05) is 6.92 Å². The maximum Gasteiger partial charge on any atom is 0.205 e. The van der Waals surface area contributed by atoms with E-state index in [4.69, 9.17) is 14.2 Å². The fourth-order valence-electron chi connectivity index (χ4n) is 3.92. The molecule has 25 heavy (non-hydrogen) atoms. The monoisotopic (exact) mass is 360 g/mol. The third-order valence-electron chi connectivity index (χ3n) is 5.51. The van der Waals surface area contributed by atoms with Gasteiger partial charge < -0.3 is 39.7 Å². The van der Waals surface area contributed by atoms with E-state index in [1.54, 1.807) is 0 Å². The van der Waals surface area contributed by atoms with Gasteiger partial charge in [0.2, 0.25) is 6.29 Å².